The number of rotatable bonds is 2. The van der Waals surface area contributed by atoms with E-state index in [9.17, 15) is 8.78 Å². The predicted molar refractivity (Wildman–Crippen MR) is 61.3 cm³/mol. The first-order chi connectivity index (χ1) is 7.68. The molecule has 88 valence electrons. The van der Waals surface area contributed by atoms with E-state index in [0.717, 1.165) is 25.9 Å². The third kappa shape index (κ3) is 2.53. The maximum atomic E-state index is 12.9. The van der Waals surface area contributed by atoms with Crippen LogP contribution >= 0.6 is 11.6 Å². The number of halogens is 3. The molecule has 1 saturated heterocycles. The van der Waals surface area contributed by atoms with Crippen LogP contribution in [0, 0.1) is 0 Å². The molecule has 2 rings (SSSR count). The molecule has 1 fully saturated rings. The molecule has 1 atom stereocenters. The second kappa shape index (κ2) is 5.11. The minimum atomic E-state index is -2.42. The van der Waals surface area contributed by atoms with Gasteiger partial charge in [-0.3, -0.25) is 0 Å². The lowest BCUT2D eigenvalue weighted by molar-refractivity contribution is 0.149. The van der Waals surface area contributed by atoms with E-state index in [1.54, 1.807) is 6.07 Å². The number of hydrogen-bond donors (Lipinski definition) is 1. The third-order valence-electron chi connectivity index (χ3n) is 3.02. The van der Waals surface area contributed by atoms with E-state index in [-0.39, 0.29) is 11.5 Å². The molecule has 1 unspecified atom stereocenters. The Balaban J connectivity index is 2.32. The van der Waals surface area contributed by atoms with Crippen LogP contribution in [-0.4, -0.2) is 13.1 Å². The Morgan fingerprint density at radius 3 is 2.81 bits per heavy atom. The Bertz CT molecular complexity index is 362. The van der Waals surface area contributed by atoms with Crippen LogP contribution in [0.25, 0.3) is 0 Å². The van der Waals surface area contributed by atoms with Gasteiger partial charge in [0.1, 0.15) is 0 Å². The Morgan fingerprint density at radius 2 is 2.19 bits per heavy atom. The third-order valence-corrected chi connectivity index (χ3v) is 3.26. The van der Waals surface area contributed by atoms with Crippen LogP contribution in [0.4, 0.5) is 8.78 Å². The molecular formula is C12H14ClF2N. The van der Waals surface area contributed by atoms with Crippen LogP contribution < -0.4 is 5.32 Å². The van der Waals surface area contributed by atoms with Gasteiger partial charge in [0, 0.05) is 17.1 Å². The molecule has 1 aromatic carbocycles. The zero-order chi connectivity index (χ0) is 11.5. The Hall–Kier alpha value is -0.670. The molecule has 0 spiro atoms. The summed E-state index contributed by atoms with van der Waals surface area (Å²) in [6.07, 6.45) is -0.443. The molecule has 0 aliphatic carbocycles. The van der Waals surface area contributed by atoms with Crippen molar-refractivity contribution in [2.75, 3.05) is 13.1 Å². The first-order valence-electron chi connectivity index (χ1n) is 5.46. The normalized spacial score (nSPS) is 21.4. The number of alkyl halides is 2. The summed E-state index contributed by atoms with van der Waals surface area (Å²) in [5.41, 5.74) is 0.827. The van der Waals surface area contributed by atoms with Crippen molar-refractivity contribution in [2.24, 2.45) is 0 Å². The summed E-state index contributed by atoms with van der Waals surface area (Å²) in [5, 5.41) is 3.76. The predicted octanol–water partition coefficient (Wildman–Crippen LogP) is 3.74. The monoisotopic (exact) mass is 245 g/mol. The fourth-order valence-electron chi connectivity index (χ4n) is 2.22. The van der Waals surface area contributed by atoms with Crippen molar-refractivity contribution in [3.05, 3.63) is 34.3 Å². The highest BCUT2D eigenvalue weighted by molar-refractivity contribution is 6.30. The second-order valence-electron chi connectivity index (χ2n) is 4.12. The van der Waals surface area contributed by atoms with Gasteiger partial charge < -0.3 is 5.32 Å². The lowest BCUT2D eigenvalue weighted by Crippen LogP contribution is -2.28. The van der Waals surface area contributed by atoms with E-state index >= 15 is 0 Å². The van der Waals surface area contributed by atoms with E-state index in [1.165, 1.54) is 12.1 Å². The van der Waals surface area contributed by atoms with Crippen LogP contribution in [0.15, 0.2) is 18.2 Å². The van der Waals surface area contributed by atoms with Gasteiger partial charge in [0.05, 0.1) is 0 Å². The molecule has 0 radical (unpaired) electrons. The summed E-state index contributed by atoms with van der Waals surface area (Å²) in [6, 6.07) is 4.65. The number of nitrogens with one attached hydrogen (secondary N) is 1. The standard InChI is InChI=1S/C12H14ClF2N/c13-9-3-4-10(12(14)15)11(6-9)8-2-1-5-16-7-8/h3-4,6,8,12,16H,1-2,5,7H2. The number of hydrogen-bond acceptors (Lipinski definition) is 1. The average Bonchev–Trinajstić information content (AvgIpc) is 2.29. The minimum Gasteiger partial charge on any atom is -0.316 e. The Kier molecular flexibility index (Phi) is 3.77. The van der Waals surface area contributed by atoms with Gasteiger partial charge in [-0.25, -0.2) is 8.78 Å². The van der Waals surface area contributed by atoms with Gasteiger partial charge in [0.2, 0.25) is 0 Å². The molecule has 0 saturated carbocycles. The van der Waals surface area contributed by atoms with Crippen molar-refractivity contribution < 1.29 is 8.78 Å². The second-order valence-corrected chi connectivity index (χ2v) is 4.55. The van der Waals surface area contributed by atoms with Crippen LogP contribution in [0.1, 0.15) is 36.3 Å². The molecule has 0 aromatic heterocycles. The van der Waals surface area contributed by atoms with E-state index < -0.39 is 6.43 Å². The number of benzene rings is 1. The van der Waals surface area contributed by atoms with Crippen molar-refractivity contribution in [2.45, 2.75) is 25.2 Å². The van der Waals surface area contributed by atoms with Gasteiger partial charge in [-0.05, 0) is 43.0 Å². The van der Waals surface area contributed by atoms with Gasteiger partial charge in [0.15, 0.2) is 0 Å². The Labute approximate surface area is 98.8 Å². The largest absolute Gasteiger partial charge is 0.316 e. The van der Waals surface area contributed by atoms with Crippen molar-refractivity contribution in [1.82, 2.24) is 5.32 Å². The molecular weight excluding hydrogens is 232 g/mol. The molecule has 1 aromatic rings. The number of piperidine rings is 1. The minimum absolute atomic E-state index is 0.123. The highest BCUT2D eigenvalue weighted by Gasteiger charge is 2.22. The lowest BCUT2D eigenvalue weighted by Gasteiger charge is -2.25. The van der Waals surface area contributed by atoms with Crippen molar-refractivity contribution >= 4 is 11.6 Å². The molecule has 1 heterocycles. The zero-order valence-electron chi connectivity index (χ0n) is 8.85. The summed E-state index contributed by atoms with van der Waals surface area (Å²) in [7, 11) is 0. The zero-order valence-corrected chi connectivity index (χ0v) is 9.61. The summed E-state index contributed by atoms with van der Waals surface area (Å²) >= 11 is 5.88. The summed E-state index contributed by atoms with van der Waals surface area (Å²) in [6.45, 7) is 1.74. The van der Waals surface area contributed by atoms with Gasteiger partial charge in [0.25, 0.3) is 6.43 Å². The highest BCUT2D eigenvalue weighted by atomic mass is 35.5. The fraction of sp³-hybridized carbons (Fsp3) is 0.500. The van der Waals surface area contributed by atoms with E-state index in [0.29, 0.717) is 10.6 Å². The maximum Gasteiger partial charge on any atom is 0.264 e. The van der Waals surface area contributed by atoms with Crippen LogP contribution in [0.2, 0.25) is 5.02 Å². The highest BCUT2D eigenvalue weighted by Crippen LogP contribution is 2.33. The Morgan fingerprint density at radius 1 is 1.38 bits per heavy atom. The van der Waals surface area contributed by atoms with E-state index in [4.69, 9.17) is 11.6 Å². The smallest absolute Gasteiger partial charge is 0.264 e. The molecule has 4 heteroatoms. The van der Waals surface area contributed by atoms with Crippen LogP contribution in [0.5, 0.6) is 0 Å². The topological polar surface area (TPSA) is 12.0 Å². The van der Waals surface area contributed by atoms with Gasteiger partial charge in [-0.2, -0.15) is 0 Å². The average molecular weight is 246 g/mol. The van der Waals surface area contributed by atoms with Gasteiger partial charge in [-0.1, -0.05) is 17.7 Å². The van der Waals surface area contributed by atoms with Crippen molar-refractivity contribution in [1.29, 1.82) is 0 Å². The quantitative estimate of drug-likeness (QED) is 0.837. The molecule has 1 nitrogen and oxygen atoms in total. The lowest BCUT2D eigenvalue weighted by atomic mass is 9.88. The van der Waals surface area contributed by atoms with Crippen molar-refractivity contribution in [3.63, 3.8) is 0 Å². The first kappa shape index (κ1) is 11.8. The molecule has 1 aliphatic rings. The molecule has 0 bridgehead atoms. The SMILES string of the molecule is FC(F)c1ccc(Cl)cc1C1CCCNC1. The fourth-order valence-corrected chi connectivity index (χ4v) is 2.40. The van der Waals surface area contributed by atoms with Crippen LogP contribution in [0.3, 0.4) is 0 Å². The van der Waals surface area contributed by atoms with E-state index in [2.05, 4.69) is 5.32 Å². The molecule has 1 aliphatic heterocycles. The first-order valence-corrected chi connectivity index (χ1v) is 5.84. The summed E-state index contributed by atoms with van der Waals surface area (Å²) in [4.78, 5) is 0. The van der Waals surface area contributed by atoms with Crippen molar-refractivity contribution in [3.8, 4) is 0 Å². The molecule has 16 heavy (non-hydrogen) atoms. The van der Waals surface area contributed by atoms with E-state index in [1.807, 2.05) is 0 Å². The summed E-state index contributed by atoms with van der Waals surface area (Å²) in [5.74, 6) is 0.163. The van der Waals surface area contributed by atoms with Gasteiger partial charge >= 0.3 is 0 Å². The molecule has 0 amide bonds. The van der Waals surface area contributed by atoms with Crippen LogP contribution in [-0.2, 0) is 0 Å². The maximum absolute atomic E-state index is 12.9. The van der Waals surface area contributed by atoms with Gasteiger partial charge in [-0.15, -0.1) is 0 Å². The molecule has 1 N–H and O–H groups in total. The summed E-state index contributed by atoms with van der Waals surface area (Å²) < 4.78 is 25.7.